The number of carbonyl (C=O) groups excluding carboxylic acids is 3. The Bertz CT molecular complexity index is 908. The summed E-state index contributed by atoms with van der Waals surface area (Å²) in [6.45, 7) is 9.81. The van der Waals surface area contributed by atoms with Crippen LogP contribution in [0.5, 0.6) is 0 Å². The fraction of sp³-hybridized carbons (Fsp3) is 0.815. The summed E-state index contributed by atoms with van der Waals surface area (Å²) >= 11 is 0. The Morgan fingerprint density at radius 3 is 2.42 bits per heavy atom. The summed E-state index contributed by atoms with van der Waals surface area (Å²) in [7, 11) is 0. The monoisotopic (exact) mass is 458 g/mol. The molecule has 1 saturated heterocycles. The first-order chi connectivity index (χ1) is 15.5. The molecule has 1 spiro atoms. The Balaban J connectivity index is 1.64. The number of hydrogen-bond acceptors (Lipinski definition) is 6. The van der Waals surface area contributed by atoms with Gasteiger partial charge in [-0.2, -0.15) is 0 Å². The molecule has 0 radical (unpaired) electrons. The standard InChI is InChI=1S/C27H38O6/c1-15-6-9-25(4)18(12-15)13-20(31-16(2)28)23-19-7-10-27(11-8-22(30)33-27)26(19,5)14-21(24(23)25)32-17(3)29/h13,15,19-21,23-24H,6-12,14H2,1-5H3/t15-,19?,20-,21+,23?,24?,25-,26-,27?/m0/s1. The summed E-state index contributed by atoms with van der Waals surface area (Å²) in [4.78, 5) is 36.8. The molecule has 0 aromatic rings. The summed E-state index contributed by atoms with van der Waals surface area (Å²) in [6, 6.07) is 0. The molecule has 6 nitrogen and oxygen atoms in total. The van der Waals surface area contributed by atoms with Crippen LogP contribution in [0.25, 0.3) is 0 Å². The smallest absolute Gasteiger partial charge is 0.306 e. The minimum Gasteiger partial charge on any atom is -0.462 e. The highest BCUT2D eigenvalue weighted by atomic mass is 16.6. The summed E-state index contributed by atoms with van der Waals surface area (Å²) in [6.07, 6.45) is 8.42. The van der Waals surface area contributed by atoms with Gasteiger partial charge < -0.3 is 14.2 Å². The van der Waals surface area contributed by atoms with Gasteiger partial charge in [0.1, 0.15) is 17.8 Å². The first-order valence-electron chi connectivity index (χ1n) is 12.8. The lowest BCUT2D eigenvalue weighted by atomic mass is 9.45. The molecule has 4 aliphatic carbocycles. The van der Waals surface area contributed by atoms with Gasteiger partial charge >= 0.3 is 17.9 Å². The van der Waals surface area contributed by atoms with E-state index in [4.69, 9.17) is 14.2 Å². The second-order valence-electron chi connectivity index (χ2n) is 12.0. The third-order valence-corrected chi connectivity index (χ3v) is 10.2. The van der Waals surface area contributed by atoms with Gasteiger partial charge in [0.05, 0.1) is 0 Å². The number of fused-ring (bicyclic) bond motifs is 6. The van der Waals surface area contributed by atoms with E-state index < -0.39 is 5.60 Å². The number of hydrogen-bond donors (Lipinski definition) is 0. The van der Waals surface area contributed by atoms with Gasteiger partial charge in [0.15, 0.2) is 0 Å². The lowest BCUT2D eigenvalue weighted by Crippen LogP contribution is -2.63. The first-order valence-corrected chi connectivity index (χ1v) is 12.8. The van der Waals surface area contributed by atoms with Crippen LogP contribution < -0.4 is 0 Å². The predicted molar refractivity (Wildman–Crippen MR) is 121 cm³/mol. The molecule has 1 heterocycles. The van der Waals surface area contributed by atoms with Gasteiger partial charge in [0.25, 0.3) is 0 Å². The van der Waals surface area contributed by atoms with E-state index in [-0.39, 0.29) is 58.7 Å². The second-order valence-corrected chi connectivity index (χ2v) is 12.0. The van der Waals surface area contributed by atoms with Crippen LogP contribution in [-0.4, -0.2) is 35.7 Å². The van der Waals surface area contributed by atoms with Gasteiger partial charge in [-0.3, -0.25) is 14.4 Å². The van der Waals surface area contributed by atoms with Crippen molar-refractivity contribution in [2.45, 2.75) is 104 Å². The average molecular weight is 459 g/mol. The Kier molecular flexibility index (Phi) is 5.26. The molecule has 5 aliphatic rings. The van der Waals surface area contributed by atoms with Crippen molar-refractivity contribution in [1.29, 1.82) is 0 Å². The van der Waals surface area contributed by atoms with E-state index >= 15 is 0 Å². The maximum atomic E-state index is 12.3. The minimum atomic E-state index is -0.509. The molecule has 4 unspecified atom stereocenters. The molecule has 0 N–H and O–H groups in total. The lowest BCUT2D eigenvalue weighted by molar-refractivity contribution is -0.208. The zero-order valence-electron chi connectivity index (χ0n) is 20.6. The number of ether oxygens (including phenoxy) is 3. The average Bonchev–Trinajstić information content (AvgIpc) is 3.22. The predicted octanol–water partition coefficient (Wildman–Crippen LogP) is 4.74. The molecule has 5 rings (SSSR count). The molecule has 33 heavy (non-hydrogen) atoms. The highest BCUT2D eigenvalue weighted by Crippen LogP contribution is 2.70. The molecule has 0 amide bonds. The van der Waals surface area contributed by atoms with Crippen LogP contribution in [0.3, 0.4) is 0 Å². The van der Waals surface area contributed by atoms with Crippen LogP contribution in [0.15, 0.2) is 11.6 Å². The Hall–Kier alpha value is -1.85. The van der Waals surface area contributed by atoms with Crippen LogP contribution in [-0.2, 0) is 28.6 Å². The van der Waals surface area contributed by atoms with Gasteiger partial charge in [-0.1, -0.05) is 26.3 Å². The fourth-order valence-electron chi connectivity index (χ4n) is 8.80. The van der Waals surface area contributed by atoms with Gasteiger partial charge in [-0.25, -0.2) is 0 Å². The van der Waals surface area contributed by atoms with Crippen molar-refractivity contribution in [2.75, 3.05) is 0 Å². The van der Waals surface area contributed by atoms with Gasteiger partial charge in [-0.05, 0) is 68.3 Å². The summed E-state index contributed by atoms with van der Waals surface area (Å²) in [5.41, 5.74) is 0.444. The fourth-order valence-corrected chi connectivity index (χ4v) is 8.80. The Morgan fingerprint density at radius 2 is 1.79 bits per heavy atom. The molecule has 0 aromatic carbocycles. The quantitative estimate of drug-likeness (QED) is 0.338. The van der Waals surface area contributed by atoms with Crippen molar-refractivity contribution in [3.05, 3.63) is 11.6 Å². The molecule has 182 valence electrons. The highest BCUT2D eigenvalue weighted by Gasteiger charge is 2.71. The SMILES string of the molecule is CC(=O)O[C@H]1C=C2C[C@@H](C)CC[C@]2(C)C2C1C1CCC3(CCC(=O)O3)[C@@]1(C)C[C@H]2OC(C)=O. The number of carbonyl (C=O) groups is 3. The van der Waals surface area contributed by atoms with E-state index in [9.17, 15) is 14.4 Å². The van der Waals surface area contributed by atoms with E-state index in [2.05, 4.69) is 26.8 Å². The Morgan fingerprint density at radius 1 is 1.06 bits per heavy atom. The summed E-state index contributed by atoms with van der Waals surface area (Å²) < 4.78 is 18.2. The van der Waals surface area contributed by atoms with Crippen molar-refractivity contribution in [3.63, 3.8) is 0 Å². The molecule has 1 aliphatic heterocycles. The number of allylic oxidation sites excluding steroid dienone is 1. The maximum absolute atomic E-state index is 12.3. The lowest BCUT2D eigenvalue weighted by Gasteiger charge is -2.62. The van der Waals surface area contributed by atoms with Crippen LogP contribution in [0, 0.1) is 34.5 Å². The van der Waals surface area contributed by atoms with Crippen LogP contribution in [0.4, 0.5) is 0 Å². The molecule has 6 heteroatoms. The third-order valence-electron chi connectivity index (χ3n) is 10.2. The van der Waals surface area contributed by atoms with Crippen LogP contribution in [0.1, 0.15) is 86.0 Å². The highest BCUT2D eigenvalue weighted by molar-refractivity contribution is 5.72. The molecule has 0 aromatic heterocycles. The van der Waals surface area contributed by atoms with Crippen molar-refractivity contribution in [3.8, 4) is 0 Å². The third kappa shape index (κ3) is 3.30. The Labute approximate surface area is 196 Å². The molecule has 0 bridgehead atoms. The zero-order chi connectivity index (χ0) is 23.8. The number of rotatable bonds is 2. The van der Waals surface area contributed by atoms with Crippen molar-refractivity contribution < 1.29 is 28.6 Å². The summed E-state index contributed by atoms with van der Waals surface area (Å²) in [5.74, 6) is 0.273. The van der Waals surface area contributed by atoms with Crippen LogP contribution in [0.2, 0.25) is 0 Å². The first kappa shape index (κ1) is 22.9. The molecule has 3 saturated carbocycles. The second kappa shape index (κ2) is 7.58. The largest absolute Gasteiger partial charge is 0.462 e. The maximum Gasteiger partial charge on any atom is 0.306 e. The van der Waals surface area contributed by atoms with Crippen molar-refractivity contribution >= 4 is 17.9 Å². The molecule has 9 atom stereocenters. The van der Waals surface area contributed by atoms with E-state index in [1.807, 2.05) is 0 Å². The zero-order valence-corrected chi connectivity index (χ0v) is 20.6. The van der Waals surface area contributed by atoms with Crippen LogP contribution >= 0.6 is 0 Å². The van der Waals surface area contributed by atoms with Crippen molar-refractivity contribution in [1.82, 2.24) is 0 Å². The van der Waals surface area contributed by atoms with Gasteiger partial charge in [-0.15, -0.1) is 0 Å². The van der Waals surface area contributed by atoms with E-state index in [0.29, 0.717) is 18.8 Å². The minimum absolute atomic E-state index is 0.0397. The molecule has 4 fully saturated rings. The number of esters is 3. The van der Waals surface area contributed by atoms with Gasteiger partial charge in [0.2, 0.25) is 0 Å². The molecular formula is C27H38O6. The van der Waals surface area contributed by atoms with E-state index in [1.165, 1.54) is 19.4 Å². The van der Waals surface area contributed by atoms with E-state index in [1.54, 1.807) is 0 Å². The topological polar surface area (TPSA) is 78.9 Å². The van der Waals surface area contributed by atoms with Crippen molar-refractivity contribution in [2.24, 2.45) is 34.5 Å². The van der Waals surface area contributed by atoms with E-state index in [0.717, 1.165) is 38.5 Å². The molecular weight excluding hydrogens is 420 g/mol. The normalized spacial score (nSPS) is 48.3. The van der Waals surface area contributed by atoms with Gasteiger partial charge in [0, 0.05) is 37.5 Å². The summed E-state index contributed by atoms with van der Waals surface area (Å²) in [5, 5.41) is 0.